The topological polar surface area (TPSA) is 46.2 Å². The summed E-state index contributed by atoms with van der Waals surface area (Å²) < 4.78 is 0. The van der Waals surface area contributed by atoms with Gasteiger partial charge >= 0.3 is 0 Å². The van der Waals surface area contributed by atoms with Gasteiger partial charge < -0.3 is 10.8 Å². The molecule has 1 aromatic carbocycles. The van der Waals surface area contributed by atoms with E-state index in [4.69, 9.17) is 28.9 Å². The number of hydrogen-bond acceptors (Lipinski definition) is 2. The summed E-state index contributed by atoms with van der Waals surface area (Å²) in [6.07, 6.45) is -0.626. The summed E-state index contributed by atoms with van der Waals surface area (Å²) in [5.41, 5.74) is 6.42. The van der Waals surface area contributed by atoms with E-state index in [1.54, 1.807) is 25.1 Å². The molecule has 0 aliphatic heterocycles. The summed E-state index contributed by atoms with van der Waals surface area (Å²) in [5, 5.41) is 10.3. The molecule has 0 aliphatic carbocycles. The second-order valence-corrected chi connectivity index (χ2v) is 3.78. The van der Waals surface area contributed by atoms with Crippen molar-refractivity contribution in [1.82, 2.24) is 0 Å². The Kier molecular flexibility index (Phi) is 3.56. The van der Waals surface area contributed by atoms with Crippen LogP contribution in [0.1, 0.15) is 18.5 Å². The van der Waals surface area contributed by atoms with Crippen LogP contribution in [0.4, 0.5) is 0 Å². The third-order valence-electron chi connectivity index (χ3n) is 1.84. The predicted octanol–water partition coefficient (Wildman–Crippen LogP) is 2.37. The second kappa shape index (κ2) is 4.29. The highest BCUT2D eigenvalue weighted by atomic mass is 35.5. The molecule has 0 amide bonds. The molecule has 0 saturated heterocycles. The quantitative estimate of drug-likeness (QED) is 0.803. The van der Waals surface area contributed by atoms with E-state index in [0.717, 1.165) is 0 Å². The van der Waals surface area contributed by atoms with Gasteiger partial charge in [-0.2, -0.15) is 0 Å². The zero-order valence-corrected chi connectivity index (χ0v) is 8.68. The molecule has 1 aromatic rings. The van der Waals surface area contributed by atoms with Gasteiger partial charge in [0.15, 0.2) is 0 Å². The predicted molar refractivity (Wildman–Crippen MR) is 55.1 cm³/mol. The van der Waals surface area contributed by atoms with Gasteiger partial charge in [-0.3, -0.25) is 0 Å². The van der Waals surface area contributed by atoms with Crippen molar-refractivity contribution in [3.63, 3.8) is 0 Å². The average Bonchev–Trinajstić information content (AvgIpc) is 2.03. The van der Waals surface area contributed by atoms with Crippen molar-refractivity contribution in [3.8, 4) is 0 Å². The van der Waals surface area contributed by atoms with E-state index in [1.165, 1.54) is 0 Å². The van der Waals surface area contributed by atoms with Crippen LogP contribution in [0.15, 0.2) is 18.2 Å². The Morgan fingerprint density at radius 2 is 2.00 bits per heavy atom. The summed E-state index contributed by atoms with van der Waals surface area (Å²) in [4.78, 5) is 0. The van der Waals surface area contributed by atoms with Crippen molar-refractivity contribution >= 4 is 23.2 Å². The van der Waals surface area contributed by atoms with E-state index < -0.39 is 12.1 Å². The molecule has 0 spiro atoms. The summed E-state index contributed by atoms with van der Waals surface area (Å²) in [5.74, 6) is 0. The van der Waals surface area contributed by atoms with Crippen LogP contribution in [0.5, 0.6) is 0 Å². The first-order chi connectivity index (χ1) is 6.02. The summed E-state index contributed by atoms with van der Waals surface area (Å²) in [6.45, 7) is 1.62. The summed E-state index contributed by atoms with van der Waals surface area (Å²) in [7, 11) is 0. The number of nitrogens with two attached hydrogens (primary N) is 1. The van der Waals surface area contributed by atoms with E-state index in [-0.39, 0.29) is 0 Å². The van der Waals surface area contributed by atoms with Gasteiger partial charge in [-0.15, -0.1) is 0 Å². The molecule has 0 aromatic heterocycles. The Labute approximate surface area is 87.3 Å². The molecule has 72 valence electrons. The number of benzene rings is 1. The Hall–Kier alpha value is -0.280. The summed E-state index contributed by atoms with van der Waals surface area (Å²) in [6, 6.07) is 4.57. The van der Waals surface area contributed by atoms with E-state index in [1.807, 2.05) is 0 Å². The van der Waals surface area contributed by atoms with Gasteiger partial charge in [-0.25, -0.2) is 0 Å². The number of aliphatic hydroxyl groups is 1. The van der Waals surface area contributed by atoms with Crippen molar-refractivity contribution in [1.29, 1.82) is 0 Å². The third kappa shape index (κ3) is 2.58. The monoisotopic (exact) mass is 219 g/mol. The maximum Gasteiger partial charge on any atom is 0.0705 e. The molecule has 0 radical (unpaired) electrons. The van der Waals surface area contributed by atoms with E-state index in [9.17, 15) is 5.11 Å². The van der Waals surface area contributed by atoms with E-state index in [2.05, 4.69) is 0 Å². The molecular weight excluding hydrogens is 209 g/mol. The number of aliphatic hydroxyl groups excluding tert-OH is 1. The normalized spacial score (nSPS) is 15.5. The van der Waals surface area contributed by atoms with Gasteiger partial charge in [0.05, 0.1) is 12.1 Å². The molecule has 3 N–H and O–H groups in total. The molecule has 0 aliphatic rings. The minimum atomic E-state index is -0.626. The van der Waals surface area contributed by atoms with Gasteiger partial charge in [-0.1, -0.05) is 29.3 Å². The number of halogens is 2. The van der Waals surface area contributed by atoms with E-state index >= 15 is 0 Å². The van der Waals surface area contributed by atoms with Gasteiger partial charge in [0.2, 0.25) is 0 Å². The second-order valence-electron chi connectivity index (χ2n) is 2.93. The van der Waals surface area contributed by atoms with Crippen molar-refractivity contribution in [3.05, 3.63) is 33.8 Å². The van der Waals surface area contributed by atoms with Gasteiger partial charge in [0.1, 0.15) is 0 Å². The lowest BCUT2D eigenvalue weighted by Crippen LogP contribution is -2.23. The average molecular weight is 220 g/mol. The van der Waals surface area contributed by atoms with Crippen molar-refractivity contribution < 1.29 is 5.11 Å². The first-order valence-corrected chi connectivity index (χ1v) is 4.66. The van der Waals surface area contributed by atoms with Gasteiger partial charge in [0, 0.05) is 10.0 Å². The fraction of sp³-hybridized carbons (Fsp3) is 0.333. The molecule has 0 bridgehead atoms. The zero-order valence-electron chi connectivity index (χ0n) is 7.17. The molecule has 0 heterocycles. The molecule has 0 saturated carbocycles. The highest BCUT2D eigenvalue weighted by Crippen LogP contribution is 2.26. The lowest BCUT2D eigenvalue weighted by molar-refractivity contribution is 0.164. The zero-order chi connectivity index (χ0) is 10.0. The molecule has 1 rings (SSSR count). The Balaban J connectivity index is 3.01. The minimum absolute atomic E-state index is 0.468. The maximum atomic E-state index is 9.25. The lowest BCUT2D eigenvalue weighted by atomic mass is 10.0. The fourth-order valence-corrected chi connectivity index (χ4v) is 1.57. The van der Waals surface area contributed by atoms with Crippen LogP contribution in [-0.4, -0.2) is 11.2 Å². The highest BCUT2D eigenvalue weighted by Gasteiger charge is 2.14. The molecular formula is C9H11Cl2NO. The van der Waals surface area contributed by atoms with Gasteiger partial charge in [0.25, 0.3) is 0 Å². The van der Waals surface area contributed by atoms with Gasteiger partial charge in [-0.05, 0) is 24.6 Å². The Bertz CT molecular complexity index is 302. The molecule has 4 heteroatoms. The number of hydrogen-bond donors (Lipinski definition) is 2. The molecule has 2 nitrogen and oxygen atoms in total. The first-order valence-electron chi connectivity index (χ1n) is 3.91. The first kappa shape index (κ1) is 10.8. The standard InChI is InChI=1S/C9H11Cl2NO/c1-5(13)9(12)7-3-2-6(10)4-8(7)11/h2-5,9,13H,12H2,1H3/t5?,9-/m1/s1. The van der Waals surface area contributed by atoms with Crippen molar-refractivity contribution in [2.75, 3.05) is 0 Å². The molecule has 0 fully saturated rings. The third-order valence-corrected chi connectivity index (χ3v) is 2.40. The molecule has 1 unspecified atom stereocenters. The lowest BCUT2D eigenvalue weighted by Gasteiger charge is -2.16. The Morgan fingerprint density at radius 1 is 1.38 bits per heavy atom. The van der Waals surface area contributed by atoms with Crippen LogP contribution in [-0.2, 0) is 0 Å². The van der Waals surface area contributed by atoms with Crippen molar-refractivity contribution in [2.24, 2.45) is 5.73 Å². The SMILES string of the molecule is CC(O)[C@@H](N)c1ccc(Cl)cc1Cl. The van der Waals surface area contributed by atoms with Crippen LogP contribution in [0.3, 0.4) is 0 Å². The molecule has 2 atom stereocenters. The van der Waals surface area contributed by atoms with Crippen LogP contribution >= 0.6 is 23.2 Å². The largest absolute Gasteiger partial charge is 0.391 e. The van der Waals surface area contributed by atoms with Crippen LogP contribution in [0, 0.1) is 0 Å². The van der Waals surface area contributed by atoms with Crippen LogP contribution in [0.25, 0.3) is 0 Å². The summed E-state index contributed by atoms with van der Waals surface area (Å²) >= 11 is 11.6. The Morgan fingerprint density at radius 3 is 2.46 bits per heavy atom. The van der Waals surface area contributed by atoms with Crippen LogP contribution in [0.2, 0.25) is 10.0 Å². The number of rotatable bonds is 2. The smallest absolute Gasteiger partial charge is 0.0705 e. The van der Waals surface area contributed by atoms with Crippen molar-refractivity contribution in [2.45, 2.75) is 19.1 Å². The highest BCUT2D eigenvalue weighted by molar-refractivity contribution is 6.35. The van der Waals surface area contributed by atoms with Crippen LogP contribution < -0.4 is 5.73 Å². The fourth-order valence-electron chi connectivity index (χ4n) is 1.03. The van der Waals surface area contributed by atoms with E-state index in [0.29, 0.717) is 15.6 Å². The maximum absolute atomic E-state index is 9.25. The minimum Gasteiger partial charge on any atom is -0.391 e. The molecule has 13 heavy (non-hydrogen) atoms.